The van der Waals surface area contributed by atoms with Gasteiger partial charge < -0.3 is 9.84 Å². The maximum atomic E-state index is 11.5. The topological polar surface area (TPSA) is 49.8 Å². The average Bonchev–Trinajstić information content (AvgIpc) is 2.21. The van der Waals surface area contributed by atoms with Crippen molar-refractivity contribution in [2.75, 3.05) is 13.2 Å². The molecule has 0 bridgehead atoms. The lowest BCUT2D eigenvalue weighted by Crippen LogP contribution is -2.61. The third-order valence-electron chi connectivity index (χ3n) is 3.44. The molecule has 4 nitrogen and oxygen atoms in total. The largest absolute Gasteiger partial charge is 0.480 e. The van der Waals surface area contributed by atoms with Crippen molar-refractivity contribution in [1.29, 1.82) is 0 Å². The highest BCUT2D eigenvalue weighted by Gasteiger charge is 2.43. The van der Waals surface area contributed by atoms with E-state index in [2.05, 4.69) is 4.90 Å². The summed E-state index contributed by atoms with van der Waals surface area (Å²) >= 11 is 0. The minimum absolute atomic E-state index is 0.117. The number of morpholine rings is 1. The smallest absolute Gasteiger partial charge is 0.323 e. The van der Waals surface area contributed by atoms with Gasteiger partial charge in [-0.05, 0) is 27.2 Å². The lowest BCUT2D eigenvalue weighted by molar-refractivity contribution is -0.161. The first-order valence-corrected chi connectivity index (χ1v) is 6.03. The molecule has 1 aliphatic heterocycles. The summed E-state index contributed by atoms with van der Waals surface area (Å²) < 4.78 is 5.54. The van der Waals surface area contributed by atoms with E-state index in [1.165, 1.54) is 0 Å². The van der Waals surface area contributed by atoms with Crippen LogP contribution in [-0.2, 0) is 9.53 Å². The van der Waals surface area contributed by atoms with Crippen molar-refractivity contribution in [1.82, 2.24) is 4.90 Å². The van der Waals surface area contributed by atoms with E-state index >= 15 is 0 Å². The molecule has 0 saturated carbocycles. The van der Waals surface area contributed by atoms with Crippen LogP contribution in [0.5, 0.6) is 0 Å². The molecule has 0 aromatic carbocycles. The van der Waals surface area contributed by atoms with Crippen molar-refractivity contribution in [3.05, 3.63) is 0 Å². The van der Waals surface area contributed by atoms with Crippen molar-refractivity contribution >= 4 is 5.97 Å². The van der Waals surface area contributed by atoms with Crippen LogP contribution in [0.15, 0.2) is 0 Å². The Labute approximate surface area is 97.6 Å². The number of hydrogen-bond donors (Lipinski definition) is 1. The van der Waals surface area contributed by atoms with Crippen LogP contribution in [0, 0.1) is 0 Å². The number of aliphatic carboxylic acids is 1. The van der Waals surface area contributed by atoms with Gasteiger partial charge in [0.15, 0.2) is 0 Å². The van der Waals surface area contributed by atoms with Crippen molar-refractivity contribution < 1.29 is 14.6 Å². The van der Waals surface area contributed by atoms with Crippen LogP contribution in [0.4, 0.5) is 0 Å². The van der Waals surface area contributed by atoms with Gasteiger partial charge in [-0.3, -0.25) is 9.69 Å². The molecule has 0 aromatic rings. The van der Waals surface area contributed by atoms with Crippen molar-refractivity contribution in [3.8, 4) is 0 Å². The molecule has 0 amide bonds. The first kappa shape index (κ1) is 13.5. The molecule has 1 rings (SSSR count). The minimum Gasteiger partial charge on any atom is -0.480 e. The van der Waals surface area contributed by atoms with E-state index < -0.39 is 11.5 Å². The Balaban J connectivity index is 2.87. The van der Waals surface area contributed by atoms with Crippen LogP contribution in [0.1, 0.15) is 40.5 Å². The highest BCUT2D eigenvalue weighted by atomic mass is 16.5. The zero-order chi connectivity index (χ0) is 12.3. The fraction of sp³-hybridized carbons (Fsp3) is 0.917. The van der Waals surface area contributed by atoms with E-state index in [9.17, 15) is 9.90 Å². The fourth-order valence-electron chi connectivity index (χ4n) is 2.45. The molecule has 16 heavy (non-hydrogen) atoms. The first-order valence-electron chi connectivity index (χ1n) is 6.03. The number of carboxylic acid groups (broad SMARTS) is 1. The Kier molecular flexibility index (Phi) is 4.33. The monoisotopic (exact) mass is 229 g/mol. The Morgan fingerprint density at radius 1 is 1.56 bits per heavy atom. The maximum absolute atomic E-state index is 11.5. The third-order valence-corrected chi connectivity index (χ3v) is 3.44. The van der Waals surface area contributed by atoms with Gasteiger partial charge in [0.2, 0.25) is 0 Å². The SMILES string of the molecule is CCCC(C)(C(=O)O)N1CC(C)OCC1C. The second-order valence-corrected chi connectivity index (χ2v) is 4.97. The molecule has 4 heteroatoms. The third kappa shape index (κ3) is 2.55. The fourth-order valence-corrected chi connectivity index (χ4v) is 2.45. The van der Waals surface area contributed by atoms with Crippen LogP contribution < -0.4 is 0 Å². The summed E-state index contributed by atoms with van der Waals surface area (Å²) in [6.07, 6.45) is 1.67. The number of nitrogens with zero attached hydrogens (tertiary/aromatic N) is 1. The standard InChI is InChI=1S/C12H23NO3/c1-5-6-12(4,11(14)15)13-7-10(3)16-8-9(13)2/h9-10H,5-8H2,1-4H3,(H,14,15). The highest BCUT2D eigenvalue weighted by Crippen LogP contribution is 2.27. The van der Waals surface area contributed by atoms with Crippen molar-refractivity contribution in [3.63, 3.8) is 0 Å². The molecule has 0 aliphatic carbocycles. The van der Waals surface area contributed by atoms with Gasteiger partial charge in [0.1, 0.15) is 5.54 Å². The number of carboxylic acids is 1. The predicted octanol–water partition coefficient (Wildman–Crippen LogP) is 1.74. The highest BCUT2D eigenvalue weighted by molar-refractivity contribution is 5.78. The Bertz CT molecular complexity index is 257. The first-order chi connectivity index (χ1) is 7.41. The molecule has 94 valence electrons. The van der Waals surface area contributed by atoms with E-state index in [4.69, 9.17) is 4.74 Å². The van der Waals surface area contributed by atoms with E-state index in [-0.39, 0.29) is 12.1 Å². The Hall–Kier alpha value is -0.610. The van der Waals surface area contributed by atoms with Crippen molar-refractivity contribution in [2.45, 2.75) is 58.2 Å². The van der Waals surface area contributed by atoms with Gasteiger partial charge in [-0.1, -0.05) is 13.3 Å². The van der Waals surface area contributed by atoms with Crippen LogP contribution in [0.25, 0.3) is 0 Å². The summed E-state index contributed by atoms with van der Waals surface area (Å²) in [5, 5.41) is 9.44. The van der Waals surface area contributed by atoms with Gasteiger partial charge in [0.25, 0.3) is 0 Å². The summed E-state index contributed by atoms with van der Waals surface area (Å²) in [6.45, 7) is 9.19. The zero-order valence-electron chi connectivity index (χ0n) is 10.7. The molecule has 3 atom stereocenters. The molecule has 1 saturated heterocycles. The summed E-state index contributed by atoms with van der Waals surface area (Å²) in [7, 11) is 0. The quantitative estimate of drug-likeness (QED) is 0.797. The number of carbonyl (C=O) groups is 1. The number of ether oxygens (including phenoxy) is 1. The van der Waals surface area contributed by atoms with Gasteiger partial charge in [0.05, 0.1) is 12.7 Å². The van der Waals surface area contributed by atoms with Gasteiger partial charge in [0, 0.05) is 12.6 Å². The lowest BCUT2D eigenvalue weighted by Gasteiger charge is -2.46. The van der Waals surface area contributed by atoms with Gasteiger partial charge in [-0.2, -0.15) is 0 Å². The Morgan fingerprint density at radius 3 is 2.69 bits per heavy atom. The molecule has 0 spiro atoms. The second-order valence-electron chi connectivity index (χ2n) is 4.97. The number of rotatable bonds is 4. The lowest BCUT2D eigenvalue weighted by atomic mass is 9.91. The van der Waals surface area contributed by atoms with Crippen molar-refractivity contribution in [2.24, 2.45) is 0 Å². The zero-order valence-corrected chi connectivity index (χ0v) is 10.7. The number of hydrogen-bond acceptors (Lipinski definition) is 3. The van der Waals surface area contributed by atoms with E-state index in [1.54, 1.807) is 0 Å². The molecule has 1 N–H and O–H groups in total. The minimum atomic E-state index is -0.758. The summed E-state index contributed by atoms with van der Waals surface area (Å²) in [5.41, 5.74) is -0.758. The van der Waals surface area contributed by atoms with Gasteiger partial charge in [-0.25, -0.2) is 0 Å². The molecule has 1 aliphatic rings. The molecular weight excluding hydrogens is 206 g/mol. The average molecular weight is 229 g/mol. The molecule has 1 heterocycles. The molecule has 1 fully saturated rings. The van der Waals surface area contributed by atoms with Gasteiger partial charge in [-0.15, -0.1) is 0 Å². The van der Waals surface area contributed by atoms with Gasteiger partial charge >= 0.3 is 5.97 Å². The van der Waals surface area contributed by atoms with Crippen LogP contribution in [0.2, 0.25) is 0 Å². The molecule has 3 unspecified atom stereocenters. The molecule has 0 aromatic heterocycles. The van der Waals surface area contributed by atoms with Crippen LogP contribution in [-0.4, -0.2) is 46.8 Å². The van der Waals surface area contributed by atoms with E-state index in [1.807, 2.05) is 27.7 Å². The van der Waals surface area contributed by atoms with Crippen LogP contribution >= 0.6 is 0 Å². The summed E-state index contributed by atoms with van der Waals surface area (Å²) in [5.74, 6) is -0.727. The van der Waals surface area contributed by atoms with E-state index in [0.717, 1.165) is 6.42 Å². The maximum Gasteiger partial charge on any atom is 0.323 e. The molecular formula is C12H23NO3. The molecule has 0 radical (unpaired) electrons. The Morgan fingerprint density at radius 2 is 2.19 bits per heavy atom. The predicted molar refractivity (Wildman–Crippen MR) is 62.5 cm³/mol. The van der Waals surface area contributed by atoms with Crippen LogP contribution in [0.3, 0.4) is 0 Å². The summed E-state index contributed by atoms with van der Waals surface area (Å²) in [4.78, 5) is 13.6. The normalized spacial score (nSPS) is 31.0. The van der Waals surface area contributed by atoms with E-state index in [0.29, 0.717) is 19.6 Å². The second kappa shape index (κ2) is 5.15. The summed E-state index contributed by atoms with van der Waals surface area (Å²) in [6, 6.07) is 0.170.